The molecule has 7 heteroatoms. The Bertz CT molecular complexity index is 952. The summed E-state index contributed by atoms with van der Waals surface area (Å²) in [7, 11) is 0. The second kappa shape index (κ2) is 9.39. The van der Waals surface area contributed by atoms with Crippen molar-refractivity contribution in [2.75, 3.05) is 37.1 Å². The summed E-state index contributed by atoms with van der Waals surface area (Å²) in [6.07, 6.45) is 1.46. The van der Waals surface area contributed by atoms with Crippen LogP contribution >= 0.6 is 0 Å². The van der Waals surface area contributed by atoms with Crippen LogP contribution in [-0.2, 0) is 9.59 Å². The molecule has 2 N–H and O–H groups in total. The molecule has 2 aromatic carbocycles. The summed E-state index contributed by atoms with van der Waals surface area (Å²) in [5.41, 5.74) is 2.72. The van der Waals surface area contributed by atoms with Gasteiger partial charge in [0.25, 0.3) is 0 Å². The van der Waals surface area contributed by atoms with Gasteiger partial charge in [-0.05, 0) is 55.6 Å². The van der Waals surface area contributed by atoms with Crippen LogP contribution in [0, 0.1) is 5.92 Å². The van der Waals surface area contributed by atoms with Gasteiger partial charge >= 0.3 is 0 Å². The quantitative estimate of drug-likeness (QED) is 0.738. The first-order valence-corrected chi connectivity index (χ1v) is 10.8. The van der Waals surface area contributed by atoms with Crippen LogP contribution in [0.1, 0.15) is 38.2 Å². The fraction of sp³-hybridized carbons (Fsp3) is 0.417. The third kappa shape index (κ3) is 5.17. The molecule has 2 heterocycles. The van der Waals surface area contributed by atoms with Gasteiger partial charge in [0, 0.05) is 23.4 Å². The highest BCUT2D eigenvalue weighted by Crippen LogP contribution is 2.34. The van der Waals surface area contributed by atoms with Gasteiger partial charge < -0.3 is 20.1 Å². The number of para-hydroxylation sites is 1. The van der Waals surface area contributed by atoms with E-state index in [0.29, 0.717) is 29.6 Å². The number of amides is 2. The minimum absolute atomic E-state index is 0.00817. The summed E-state index contributed by atoms with van der Waals surface area (Å²) < 4.78 is 10.7. The summed E-state index contributed by atoms with van der Waals surface area (Å²) >= 11 is 0. The van der Waals surface area contributed by atoms with Crippen LogP contribution in [0.25, 0.3) is 0 Å². The van der Waals surface area contributed by atoms with E-state index >= 15 is 0 Å². The average Bonchev–Trinajstić information content (AvgIpc) is 3.22. The first-order chi connectivity index (χ1) is 15.0. The summed E-state index contributed by atoms with van der Waals surface area (Å²) in [5.74, 6) is 1.62. The number of nitrogens with one attached hydrogen (secondary N) is 2. The zero-order chi connectivity index (χ0) is 21.8. The highest BCUT2D eigenvalue weighted by Gasteiger charge is 2.26. The SMILES string of the molecule is CC(C)c1ccccc1NC(=O)CN1CCC(C(=O)Nc2ccc3c(c2)OCO3)CC1. The van der Waals surface area contributed by atoms with Crippen molar-refractivity contribution in [3.63, 3.8) is 0 Å². The minimum Gasteiger partial charge on any atom is -0.454 e. The van der Waals surface area contributed by atoms with Crippen LogP contribution < -0.4 is 20.1 Å². The maximum absolute atomic E-state index is 12.7. The lowest BCUT2D eigenvalue weighted by atomic mass is 9.95. The second-order valence-corrected chi connectivity index (χ2v) is 8.40. The molecule has 4 rings (SSSR count). The van der Waals surface area contributed by atoms with Gasteiger partial charge in [0.05, 0.1) is 6.54 Å². The molecule has 2 amide bonds. The van der Waals surface area contributed by atoms with Crippen LogP contribution in [-0.4, -0.2) is 43.1 Å². The highest BCUT2D eigenvalue weighted by molar-refractivity contribution is 5.94. The minimum atomic E-state index is -0.0635. The molecule has 2 aromatic rings. The number of piperidine rings is 1. The van der Waals surface area contributed by atoms with Crippen LogP contribution in [0.3, 0.4) is 0 Å². The monoisotopic (exact) mass is 423 g/mol. The lowest BCUT2D eigenvalue weighted by Gasteiger charge is -2.30. The van der Waals surface area contributed by atoms with Gasteiger partial charge in [-0.2, -0.15) is 0 Å². The highest BCUT2D eigenvalue weighted by atomic mass is 16.7. The largest absolute Gasteiger partial charge is 0.454 e. The molecule has 0 aromatic heterocycles. The Morgan fingerprint density at radius 1 is 1.03 bits per heavy atom. The number of ether oxygens (including phenoxy) is 2. The first-order valence-electron chi connectivity index (χ1n) is 10.8. The molecule has 0 aliphatic carbocycles. The molecule has 1 fully saturated rings. The van der Waals surface area contributed by atoms with Gasteiger partial charge in [-0.15, -0.1) is 0 Å². The van der Waals surface area contributed by atoms with Gasteiger partial charge in [0.15, 0.2) is 11.5 Å². The number of carbonyl (C=O) groups is 2. The molecule has 0 bridgehead atoms. The number of hydrogen-bond acceptors (Lipinski definition) is 5. The molecule has 0 atom stereocenters. The van der Waals surface area contributed by atoms with Crippen molar-refractivity contribution in [1.82, 2.24) is 4.90 Å². The van der Waals surface area contributed by atoms with Crippen molar-refractivity contribution in [2.45, 2.75) is 32.6 Å². The number of likely N-dealkylation sites (tertiary alicyclic amines) is 1. The lowest BCUT2D eigenvalue weighted by molar-refractivity contribution is -0.121. The van der Waals surface area contributed by atoms with Crippen LogP contribution in [0.4, 0.5) is 11.4 Å². The third-order valence-corrected chi connectivity index (χ3v) is 5.82. The van der Waals surface area contributed by atoms with Crippen LogP contribution in [0.5, 0.6) is 11.5 Å². The van der Waals surface area contributed by atoms with E-state index in [2.05, 4.69) is 29.4 Å². The standard InChI is InChI=1S/C24H29N3O4/c1-16(2)19-5-3-4-6-20(19)26-23(28)14-27-11-9-17(10-12-27)24(29)25-18-7-8-21-22(13-18)31-15-30-21/h3-8,13,16-17H,9-12,14-15H2,1-2H3,(H,25,29)(H,26,28). The number of nitrogens with zero attached hydrogens (tertiary/aromatic N) is 1. The van der Waals surface area contributed by atoms with E-state index in [-0.39, 0.29) is 24.5 Å². The number of fused-ring (bicyclic) bond motifs is 1. The normalized spacial score (nSPS) is 16.4. The Morgan fingerprint density at radius 3 is 2.55 bits per heavy atom. The van der Waals surface area contributed by atoms with Crippen molar-refractivity contribution in [1.29, 1.82) is 0 Å². The van der Waals surface area contributed by atoms with E-state index in [1.54, 1.807) is 12.1 Å². The fourth-order valence-corrected chi connectivity index (χ4v) is 4.08. The third-order valence-electron chi connectivity index (χ3n) is 5.82. The summed E-state index contributed by atoms with van der Waals surface area (Å²) in [6.45, 7) is 6.22. The summed E-state index contributed by atoms with van der Waals surface area (Å²) in [6, 6.07) is 13.3. The molecule has 7 nitrogen and oxygen atoms in total. The second-order valence-electron chi connectivity index (χ2n) is 8.40. The molecule has 2 aliphatic rings. The maximum atomic E-state index is 12.7. The van der Waals surface area contributed by atoms with Crippen molar-refractivity contribution < 1.29 is 19.1 Å². The Hall–Kier alpha value is -3.06. The number of benzene rings is 2. The van der Waals surface area contributed by atoms with Gasteiger partial charge in [0.2, 0.25) is 18.6 Å². The van der Waals surface area contributed by atoms with Crippen LogP contribution in [0.2, 0.25) is 0 Å². The Balaban J connectivity index is 1.25. The predicted octanol–water partition coefficient (Wildman–Crippen LogP) is 3.83. The topological polar surface area (TPSA) is 79.9 Å². The van der Waals surface area contributed by atoms with E-state index in [0.717, 1.165) is 37.2 Å². The van der Waals surface area contributed by atoms with Crippen molar-refractivity contribution >= 4 is 23.2 Å². The Kier molecular flexibility index (Phi) is 6.42. The maximum Gasteiger partial charge on any atom is 0.238 e. The van der Waals surface area contributed by atoms with E-state index in [4.69, 9.17) is 9.47 Å². The van der Waals surface area contributed by atoms with E-state index in [1.807, 2.05) is 30.3 Å². The smallest absolute Gasteiger partial charge is 0.238 e. The molecule has 1 saturated heterocycles. The number of rotatable bonds is 6. The molecule has 31 heavy (non-hydrogen) atoms. The predicted molar refractivity (Wildman–Crippen MR) is 120 cm³/mol. The number of carbonyl (C=O) groups excluding carboxylic acids is 2. The van der Waals surface area contributed by atoms with E-state index in [1.165, 1.54) is 0 Å². The molecule has 2 aliphatic heterocycles. The van der Waals surface area contributed by atoms with Crippen molar-refractivity contribution in [3.05, 3.63) is 48.0 Å². The van der Waals surface area contributed by atoms with Crippen LogP contribution in [0.15, 0.2) is 42.5 Å². The van der Waals surface area contributed by atoms with Crippen molar-refractivity contribution in [3.8, 4) is 11.5 Å². The summed E-state index contributed by atoms with van der Waals surface area (Å²) in [4.78, 5) is 27.3. The van der Waals surface area contributed by atoms with Gasteiger partial charge in [0.1, 0.15) is 0 Å². The first kappa shape index (κ1) is 21.2. The molecule has 0 saturated carbocycles. The Labute approximate surface area is 182 Å². The Morgan fingerprint density at radius 2 is 1.77 bits per heavy atom. The van der Waals surface area contributed by atoms with E-state index in [9.17, 15) is 9.59 Å². The van der Waals surface area contributed by atoms with E-state index < -0.39 is 0 Å². The molecule has 0 unspecified atom stereocenters. The average molecular weight is 424 g/mol. The molecular weight excluding hydrogens is 394 g/mol. The van der Waals surface area contributed by atoms with Gasteiger partial charge in [-0.3, -0.25) is 14.5 Å². The molecule has 0 radical (unpaired) electrons. The fourth-order valence-electron chi connectivity index (χ4n) is 4.08. The van der Waals surface area contributed by atoms with Gasteiger partial charge in [-0.1, -0.05) is 32.0 Å². The lowest BCUT2D eigenvalue weighted by Crippen LogP contribution is -2.41. The van der Waals surface area contributed by atoms with Crippen molar-refractivity contribution in [2.24, 2.45) is 5.92 Å². The summed E-state index contributed by atoms with van der Waals surface area (Å²) in [5, 5.41) is 6.02. The number of anilines is 2. The molecule has 164 valence electrons. The zero-order valence-electron chi connectivity index (χ0n) is 18.0. The molecular formula is C24H29N3O4. The number of hydrogen-bond donors (Lipinski definition) is 2. The van der Waals surface area contributed by atoms with Gasteiger partial charge in [-0.25, -0.2) is 0 Å². The zero-order valence-corrected chi connectivity index (χ0v) is 18.0. The molecule has 0 spiro atoms.